The molecule has 0 bridgehead atoms. The molecule has 0 saturated carbocycles. The van der Waals surface area contributed by atoms with Gasteiger partial charge in [0.1, 0.15) is 18.6 Å². The lowest BCUT2D eigenvalue weighted by Crippen LogP contribution is -1.97. The first-order valence-electron chi connectivity index (χ1n) is 5.70. The number of hydrogen-bond acceptors (Lipinski definition) is 3. The maximum absolute atomic E-state index is 10.6. The third-order valence-electron chi connectivity index (χ3n) is 2.66. The predicted molar refractivity (Wildman–Crippen MR) is 80.0 cm³/mol. The molecule has 0 amide bonds. The zero-order valence-corrected chi connectivity index (χ0v) is 12.6. The van der Waals surface area contributed by atoms with Crippen molar-refractivity contribution in [2.75, 3.05) is 0 Å². The predicted octanol–water partition coefficient (Wildman–Crippen LogP) is 4.37. The summed E-state index contributed by atoms with van der Waals surface area (Å²) in [7, 11) is 0. The van der Waals surface area contributed by atoms with Gasteiger partial charge in [0.25, 0.3) is 0 Å². The van der Waals surface area contributed by atoms with Gasteiger partial charge in [-0.2, -0.15) is 5.26 Å². The van der Waals surface area contributed by atoms with Gasteiger partial charge in [0.15, 0.2) is 0 Å². The summed E-state index contributed by atoms with van der Waals surface area (Å²) in [4.78, 5) is 10.6. The van der Waals surface area contributed by atoms with Gasteiger partial charge in [0.05, 0.1) is 16.1 Å². The summed E-state index contributed by atoms with van der Waals surface area (Å²) >= 11 is 9.42. The van der Waals surface area contributed by atoms with Crippen LogP contribution in [-0.4, -0.2) is 6.29 Å². The maximum Gasteiger partial charge on any atom is 0.150 e. The number of benzene rings is 2. The van der Waals surface area contributed by atoms with Crippen LogP contribution in [0.25, 0.3) is 0 Å². The summed E-state index contributed by atoms with van der Waals surface area (Å²) in [6.45, 7) is 0.281. The van der Waals surface area contributed by atoms with Crippen LogP contribution in [0.15, 0.2) is 40.9 Å². The van der Waals surface area contributed by atoms with E-state index in [0.717, 1.165) is 11.8 Å². The van der Waals surface area contributed by atoms with Crippen LogP contribution in [0, 0.1) is 11.3 Å². The van der Waals surface area contributed by atoms with Crippen LogP contribution >= 0.6 is 27.5 Å². The molecule has 0 saturated heterocycles. The number of rotatable bonds is 4. The molecule has 0 aliphatic carbocycles. The van der Waals surface area contributed by atoms with Crippen LogP contribution in [0.4, 0.5) is 0 Å². The van der Waals surface area contributed by atoms with Crippen molar-refractivity contribution in [3.63, 3.8) is 0 Å². The molecule has 2 aromatic rings. The second-order valence-electron chi connectivity index (χ2n) is 4.01. The second kappa shape index (κ2) is 6.56. The van der Waals surface area contributed by atoms with Gasteiger partial charge >= 0.3 is 0 Å². The fourth-order valence-corrected chi connectivity index (χ4v) is 2.34. The van der Waals surface area contributed by atoms with Gasteiger partial charge in [0, 0.05) is 16.1 Å². The largest absolute Gasteiger partial charge is 0.488 e. The molecule has 0 atom stereocenters. The lowest BCUT2D eigenvalue weighted by Gasteiger charge is -2.10. The van der Waals surface area contributed by atoms with Crippen molar-refractivity contribution in [3.8, 4) is 11.8 Å². The highest BCUT2D eigenvalue weighted by Gasteiger charge is 2.06. The SMILES string of the molecule is N#Cc1ccc(COc2ccc(C=O)cc2Br)c(Cl)c1. The molecule has 2 aromatic carbocycles. The summed E-state index contributed by atoms with van der Waals surface area (Å²) in [5.74, 6) is 0.621. The third-order valence-corrected chi connectivity index (χ3v) is 3.63. The number of nitriles is 1. The van der Waals surface area contributed by atoms with Crippen molar-refractivity contribution in [3.05, 3.63) is 62.6 Å². The fraction of sp³-hybridized carbons (Fsp3) is 0.0667. The standard InChI is InChI=1S/C15H9BrClNO2/c16-13-5-11(8-19)2-4-15(13)20-9-12-3-1-10(7-18)6-14(12)17/h1-6,8H,9H2. The first-order valence-corrected chi connectivity index (χ1v) is 6.87. The number of carbonyl (C=O) groups excluding carboxylic acids is 1. The Labute approximate surface area is 129 Å². The van der Waals surface area contributed by atoms with E-state index in [1.54, 1.807) is 36.4 Å². The van der Waals surface area contributed by atoms with Gasteiger partial charge in [-0.25, -0.2) is 0 Å². The van der Waals surface area contributed by atoms with Crippen molar-refractivity contribution >= 4 is 33.8 Å². The van der Waals surface area contributed by atoms with Crippen molar-refractivity contribution in [1.82, 2.24) is 0 Å². The highest BCUT2D eigenvalue weighted by molar-refractivity contribution is 9.10. The smallest absolute Gasteiger partial charge is 0.150 e. The average Bonchev–Trinajstić information content (AvgIpc) is 2.46. The van der Waals surface area contributed by atoms with Gasteiger partial charge in [0.2, 0.25) is 0 Å². The van der Waals surface area contributed by atoms with Crippen LogP contribution < -0.4 is 4.74 Å². The van der Waals surface area contributed by atoms with Gasteiger partial charge in [-0.15, -0.1) is 0 Å². The molecule has 100 valence electrons. The summed E-state index contributed by atoms with van der Waals surface area (Å²) in [5.41, 5.74) is 1.87. The Balaban J connectivity index is 2.13. The lowest BCUT2D eigenvalue weighted by molar-refractivity contribution is 0.112. The summed E-state index contributed by atoms with van der Waals surface area (Å²) in [5, 5.41) is 9.26. The van der Waals surface area contributed by atoms with Crippen LogP contribution in [0.1, 0.15) is 21.5 Å². The number of nitrogens with zero attached hydrogens (tertiary/aromatic N) is 1. The van der Waals surface area contributed by atoms with Crippen LogP contribution in [0.3, 0.4) is 0 Å². The Morgan fingerprint density at radius 1 is 1.30 bits per heavy atom. The summed E-state index contributed by atoms with van der Waals surface area (Å²) in [6, 6.07) is 12.1. The molecule has 5 heteroatoms. The van der Waals surface area contributed by atoms with Crippen LogP contribution in [0.2, 0.25) is 5.02 Å². The quantitative estimate of drug-likeness (QED) is 0.770. The Morgan fingerprint density at radius 3 is 2.70 bits per heavy atom. The van der Waals surface area contributed by atoms with E-state index in [0.29, 0.717) is 26.4 Å². The van der Waals surface area contributed by atoms with Crippen molar-refractivity contribution < 1.29 is 9.53 Å². The van der Waals surface area contributed by atoms with E-state index in [4.69, 9.17) is 21.6 Å². The van der Waals surface area contributed by atoms with Gasteiger partial charge in [-0.3, -0.25) is 4.79 Å². The molecule has 0 fully saturated rings. The molecule has 0 spiro atoms. The fourth-order valence-electron chi connectivity index (χ4n) is 1.60. The normalized spacial score (nSPS) is 9.85. The van der Waals surface area contributed by atoms with Crippen LogP contribution in [0.5, 0.6) is 5.75 Å². The highest BCUT2D eigenvalue weighted by atomic mass is 79.9. The lowest BCUT2D eigenvalue weighted by atomic mass is 10.1. The molecular formula is C15H9BrClNO2. The van der Waals surface area contributed by atoms with E-state index in [1.807, 2.05) is 6.07 Å². The molecule has 0 radical (unpaired) electrons. The van der Waals surface area contributed by atoms with Crippen molar-refractivity contribution in [2.45, 2.75) is 6.61 Å². The zero-order valence-electron chi connectivity index (χ0n) is 10.3. The molecular weight excluding hydrogens is 342 g/mol. The molecule has 0 heterocycles. The van der Waals surface area contributed by atoms with E-state index in [-0.39, 0.29) is 6.61 Å². The summed E-state index contributed by atoms with van der Waals surface area (Å²) < 4.78 is 6.35. The number of halogens is 2. The number of aldehydes is 1. The molecule has 2 rings (SSSR count). The van der Waals surface area contributed by atoms with Gasteiger partial charge in [-0.1, -0.05) is 17.7 Å². The number of hydrogen-bond donors (Lipinski definition) is 0. The van der Waals surface area contributed by atoms with E-state index in [2.05, 4.69) is 15.9 Å². The Bertz CT molecular complexity index is 695. The molecule has 20 heavy (non-hydrogen) atoms. The monoisotopic (exact) mass is 349 g/mol. The van der Waals surface area contributed by atoms with E-state index < -0.39 is 0 Å². The average molecular weight is 351 g/mol. The second-order valence-corrected chi connectivity index (χ2v) is 5.28. The number of ether oxygens (including phenoxy) is 1. The van der Waals surface area contributed by atoms with Crippen LogP contribution in [-0.2, 0) is 6.61 Å². The first-order chi connectivity index (χ1) is 9.63. The minimum atomic E-state index is 0.281. The minimum Gasteiger partial charge on any atom is -0.488 e. The highest BCUT2D eigenvalue weighted by Crippen LogP contribution is 2.27. The minimum absolute atomic E-state index is 0.281. The van der Waals surface area contributed by atoms with Crippen molar-refractivity contribution in [1.29, 1.82) is 5.26 Å². The van der Waals surface area contributed by atoms with E-state index >= 15 is 0 Å². The molecule has 0 N–H and O–H groups in total. The molecule has 0 unspecified atom stereocenters. The van der Waals surface area contributed by atoms with Crippen molar-refractivity contribution in [2.24, 2.45) is 0 Å². The first kappa shape index (κ1) is 14.6. The Kier molecular flexibility index (Phi) is 4.78. The van der Waals surface area contributed by atoms with Gasteiger partial charge in [-0.05, 0) is 46.3 Å². The third kappa shape index (κ3) is 3.38. The van der Waals surface area contributed by atoms with Gasteiger partial charge < -0.3 is 4.74 Å². The Hall–Kier alpha value is -1.83. The molecule has 0 aromatic heterocycles. The molecule has 3 nitrogen and oxygen atoms in total. The topological polar surface area (TPSA) is 50.1 Å². The summed E-state index contributed by atoms with van der Waals surface area (Å²) in [6.07, 6.45) is 0.770. The maximum atomic E-state index is 10.6. The molecule has 0 aliphatic rings. The van der Waals surface area contributed by atoms with E-state index in [9.17, 15) is 4.79 Å². The van der Waals surface area contributed by atoms with E-state index in [1.165, 1.54) is 0 Å². The number of carbonyl (C=O) groups is 1. The molecule has 0 aliphatic heterocycles. The zero-order chi connectivity index (χ0) is 14.5. The Morgan fingerprint density at radius 2 is 2.10 bits per heavy atom.